The molecule has 0 spiro atoms. The summed E-state index contributed by atoms with van der Waals surface area (Å²) in [6, 6.07) is 14.3. The molecule has 4 aromatic rings. The van der Waals surface area contributed by atoms with E-state index in [0.29, 0.717) is 11.1 Å². The zero-order valence-corrected chi connectivity index (χ0v) is 17.7. The number of anilines is 2. The van der Waals surface area contributed by atoms with Crippen molar-refractivity contribution in [2.45, 2.75) is 25.7 Å². The van der Waals surface area contributed by atoms with Gasteiger partial charge in [0, 0.05) is 21.7 Å². The number of aromatic hydroxyl groups is 1. The van der Waals surface area contributed by atoms with Crippen LogP contribution >= 0.6 is 11.3 Å². The van der Waals surface area contributed by atoms with Crippen LogP contribution in [0.2, 0.25) is 0 Å². The van der Waals surface area contributed by atoms with Crippen molar-refractivity contribution in [3.05, 3.63) is 82.5 Å². The summed E-state index contributed by atoms with van der Waals surface area (Å²) in [6.07, 6.45) is 9.36. The third kappa shape index (κ3) is 3.94. The highest BCUT2D eigenvalue weighted by molar-refractivity contribution is 7.19. The number of nitrogens with one attached hydrogen (secondary N) is 1. The predicted molar refractivity (Wildman–Crippen MR) is 125 cm³/mol. The van der Waals surface area contributed by atoms with Crippen molar-refractivity contribution in [1.29, 1.82) is 0 Å². The van der Waals surface area contributed by atoms with Gasteiger partial charge in [0.05, 0.1) is 5.39 Å². The molecule has 6 heteroatoms. The molecule has 2 aromatic carbocycles. The number of benzene rings is 2. The zero-order valence-electron chi connectivity index (χ0n) is 16.8. The molecule has 154 valence electrons. The average Bonchev–Trinajstić information content (AvgIpc) is 3.18. The molecule has 2 heterocycles. The van der Waals surface area contributed by atoms with Crippen LogP contribution < -0.4 is 5.32 Å². The molecule has 2 N–H and O–H groups in total. The van der Waals surface area contributed by atoms with Gasteiger partial charge in [-0.05, 0) is 73.7 Å². The van der Waals surface area contributed by atoms with E-state index < -0.39 is 0 Å². The lowest BCUT2D eigenvalue weighted by atomic mass is 9.97. The molecule has 0 unspecified atom stereocenters. The Morgan fingerprint density at radius 3 is 2.68 bits per heavy atom. The lowest BCUT2D eigenvalue weighted by molar-refractivity contribution is 0.104. The topological polar surface area (TPSA) is 75.1 Å². The van der Waals surface area contributed by atoms with Gasteiger partial charge in [-0.3, -0.25) is 4.79 Å². The van der Waals surface area contributed by atoms with Gasteiger partial charge in [-0.25, -0.2) is 9.97 Å². The van der Waals surface area contributed by atoms with E-state index in [4.69, 9.17) is 0 Å². The molecule has 0 aliphatic heterocycles. The number of thiophene rings is 1. The number of fused-ring (bicyclic) bond motifs is 3. The Balaban J connectivity index is 1.36. The highest BCUT2D eigenvalue weighted by atomic mass is 32.1. The highest BCUT2D eigenvalue weighted by Crippen LogP contribution is 2.38. The number of rotatable bonds is 5. The minimum atomic E-state index is -0.119. The number of para-hydroxylation sites is 1. The molecule has 0 atom stereocenters. The number of hydrogen-bond acceptors (Lipinski definition) is 6. The van der Waals surface area contributed by atoms with E-state index in [2.05, 4.69) is 15.3 Å². The van der Waals surface area contributed by atoms with Crippen LogP contribution in [-0.2, 0) is 12.8 Å². The summed E-state index contributed by atoms with van der Waals surface area (Å²) in [5.41, 5.74) is 3.45. The van der Waals surface area contributed by atoms with Gasteiger partial charge in [0.15, 0.2) is 5.78 Å². The summed E-state index contributed by atoms with van der Waals surface area (Å²) in [6.45, 7) is 0. The molecule has 5 nitrogen and oxygen atoms in total. The van der Waals surface area contributed by atoms with E-state index in [1.54, 1.807) is 54.1 Å². The van der Waals surface area contributed by atoms with Crippen LogP contribution in [0.15, 0.2) is 60.9 Å². The zero-order chi connectivity index (χ0) is 21.2. The van der Waals surface area contributed by atoms with Crippen molar-refractivity contribution in [3.8, 4) is 5.75 Å². The third-order valence-electron chi connectivity index (χ3n) is 5.53. The average molecular weight is 428 g/mol. The maximum atomic E-state index is 12.5. The van der Waals surface area contributed by atoms with Crippen LogP contribution in [0.1, 0.15) is 39.2 Å². The van der Waals surface area contributed by atoms with E-state index in [1.807, 2.05) is 18.2 Å². The summed E-state index contributed by atoms with van der Waals surface area (Å²) in [5.74, 6) is 0.854. The number of carbonyl (C=O) groups excluding carboxylic acids is 1. The maximum Gasteiger partial charge on any atom is 0.185 e. The number of carbonyl (C=O) groups is 1. The molecule has 5 rings (SSSR count). The number of hydrogen-bond donors (Lipinski definition) is 2. The van der Waals surface area contributed by atoms with Crippen molar-refractivity contribution >= 4 is 44.9 Å². The lowest BCUT2D eigenvalue weighted by Gasteiger charge is -2.12. The second-order valence-corrected chi connectivity index (χ2v) is 8.66. The van der Waals surface area contributed by atoms with Crippen LogP contribution in [0, 0.1) is 0 Å². The van der Waals surface area contributed by atoms with E-state index in [0.717, 1.165) is 34.6 Å². The number of aryl methyl sites for hydroxylation is 2. The van der Waals surface area contributed by atoms with Crippen molar-refractivity contribution in [3.63, 3.8) is 0 Å². The van der Waals surface area contributed by atoms with Crippen LogP contribution in [0.3, 0.4) is 0 Å². The molecule has 1 aliphatic rings. The fraction of sp³-hybridized carbons (Fsp3) is 0.160. The minimum absolute atomic E-state index is 0.119. The van der Waals surface area contributed by atoms with Crippen molar-refractivity contribution in [1.82, 2.24) is 9.97 Å². The molecule has 1 aliphatic carbocycles. The lowest BCUT2D eigenvalue weighted by Crippen LogP contribution is -2.01. The molecular weight excluding hydrogens is 406 g/mol. The maximum absolute atomic E-state index is 12.5. The number of allylic oxidation sites excluding steroid dienone is 1. The minimum Gasteiger partial charge on any atom is -0.507 e. The first-order valence-electron chi connectivity index (χ1n) is 10.3. The van der Waals surface area contributed by atoms with E-state index >= 15 is 0 Å². The van der Waals surface area contributed by atoms with E-state index in [-0.39, 0.29) is 11.5 Å². The molecule has 0 saturated carbocycles. The first-order valence-corrected chi connectivity index (χ1v) is 11.1. The van der Waals surface area contributed by atoms with Crippen LogP contribution in [-0.4, -0.2) is 20.9 Å². The second kappa shape index (κ2) is 8.32. The summed E-state index contributed by atoms with van der Waals surface area (Å²) >= 11 is 1.77. The molecule has 0 saturated heterocycles. The van der Waals surface area contributed by atoms with Crippen molar-refractivity contribution < 1.29 is 9.90 Å². The van der Waals surface area contributed by atoms with Crippen molar-refractivity contribution in [2.75, 3.05) is 5.32 Å². The molecule has 0 amide bonds. The van der Waals surface area contributed by atoms with E-state index in [9.17, 15) is 9.90 Å². The first kappa shape index (κ1) is 19.5. The van der Waals surface area contributed by atoms with Gasteiger partial charge >= 0.3 is 0 Å². The van der Waals surface area contributed by atoms with Gasteiger partial charge in [-0.15, -0.1) is 11.3 Å². The number of phenols is 1. The van der Waals surface area contributed by atoms with Crippen molar-refractivity contribution in [2.24, 2.45) is 0 Å². The molecular formula is C25H21N3O2S. The Morgan fingerprint density at radius 1 is 1.03 bits per heavy atom. The largest absolute Gasteiger partial charge is 0.507 e. The Kier molecular flexibility index (Phi) is 5.22. The Bertz CT molecular complexity index is 1290. The number of aromatic nitrogens is 2. The SMILES string of the molecule is O=C(/C=C/c1ccccc1O)c1ccc(Nc2ncnc3sc4c(c23)CCCC4)cc1. The molecule has 0 radical (unpaired) electrons. The Labute approximate surface area is 184 Å². The number of ketones is 1. The Morgan fingerprint density at radius 2 is 1.84 bits per heavy atom. The second-order valence-electron chi connectivity index (χ2n) is 7.57. The van der Waals surface area contributed by atoms with Gasteiger partial charge in [-0.1, -0.05) is 18.2 Å². The van der Waals surface area contributed by atoms with Gasteiger partial charge in [0.25, 0.3) is 0 Å². The summed E-state index contributed by atoms with van der Waals surface area (Å²) in [7, 11) is 0. The Hall–Kier alpha value is -3.51. The smallest absolute Gasteiger partial charge is 0.185 e. The van der Waals surface area contributed by atoms with Gasteiger partial charge in [0.1, 0.15) is 22.7 Å². The van der Waals surface area contributed by atoms with Gasteiger partial charge in [-0.2, -0.15) is 0 Å². The monoisotopic (exact) mass is 427 g/mol. The molecule has 0 bridgehead atoms. The highest BCUT2D eigenvalue weighted by Gasteiger charge is 2.19. The predicted octanol–water partition coefficient (Wildman–Crippen LogP) is 5.92. The van der Waals surface area contributed by atoms with Gasteiger partial charge in [0.2, 0.25) is 0 Å². The third-order valence-corrected chi connectivity index (χ3v) is 6.73. The summed E-state index contributed by atoms with van der Waals surface area (Å²) in [5, 5.41) is 14.4. The normalized spacial score (nSPS) is 13.4. The quantitative estimate of drug-likeness (QED) is 0.306. The number of phenolic OH excluding ortho intramolecular Hbond substituents is 1. The molecule has 0 fully saturated rings. The van der Waals surface area contributed by atoms with Crippen LogP contribution in [0.5, 0.6) is 5.75 Å². The molecule has 31 heavy (non-hydrogen) atoms. The first-order chi connectivity index (χ1) is 15.2. The summed E-state index contributed by atoms with van der Waals surface area (Å²) < 4.78 is 0. The van der Waals surface area contributed by atoms with Crippen LogP contribution in [0.25, 0.3) is 16.3 Å². The fourth-order valence-corrected chi connectivity index (χ4v) is 5.16. The molecule has 2 aromatic heterocycles. The van der Waals surface area contributed by atoms with E-state index in [1.165, 1.54) is 29.4 Å². The summed E-state index contributed by atoms with van der Waals surface area (Å²) in [4.78, 5) is 23.9. The van der Waals surface area contributed by atoms with Gasteiger partial charge < -0.3 is 10.4 Å². The van der Waals surface area contributed by atoms with Crippen LogP contribution in [0.4, 0.5) is 11.5 Å². The fourth-order valence-electron chi connectivity index (χ4n) is 3.93. The number of nitrogens with zero attached hydrogens (tertiary/aromatic N) is 2. The standard InChI is InChI=1S/C25H21N3O2S/c29-20-7-3-1-5-16(20)11-14-21(30)17-9-12-18(13-10-17)28-24-23-19-6-2-4-8-22(19)31-25(23)27-15-26-24/h1,3,5,7,9-15,29H,2,4,6,8H2,(H,26,27,28)/b14-11+.